The van der Waals surface area contributed by atoms with Gasteiger partial charge in [0.1, 0.15) is 0 Å². The van der Waals surface area contributed by atoms with Crippen LogP contribution in [-0.2, 0) is 6.42 Å². The Balaban J connectivity index is 2.35. The number of hydrogen-bond donors (Lipinski definition) is 1. The molecule has 3 nitrogen and oxygen atoms in total. The van der Waals surface area contributed by atoms with Crippen LogP contribution in [0.3, 0.4) is 0 Å². The van der Waals surface area contributed by atoms with Gasteiger partial charge in [0.15, 0.2) is 11.5 Å². The van der Waals surface area contributed by atoms with E-state index in [1.807, 2.05) is 6.07 Å². The van der Waals surface area contributed by atoms with Gasteiger partial charge in [-0.2, -0.15) is 0 Å². The summed E-state index contributed by atoms with van der Waals surface area (Å²) < 4.78 is 10.6. The van der Waals surface area contributed by atoms with Crippen LogP contribution in [0.5, 0.6) is 11.5 Å². The zero-order chi connectivity index (χ0) is 15.7. The number of methoxy groups -OCH3 is 2. The summed E-state index contributed by atoms with van der Waals surface area (Å²) in [6.45, 7) is 7.90. The largest absolute Gasteiger partial charge is 0.493 e. The van der Waals surface area contributed by atoms with Crippen LogP contribution in [0.25, 0.3) is 0 Å². The molecule has 1 aromatic carbocycles. The highest BCUT2D eigenvalue weighted by Gasteiger charge is 2.07. The van der Waals surface area contributed by atoms with Crippen LogP contribution in [-0.4, -0.2) is 26.8 Å². The fourth-order valence-electron chi connectivity index (χ4n) is 2.46. The van der Waals surface area contributed by atoms with Crippen LogP contribution in [0, 0.1) is 5.92 Å². The second-order valence-electron chi connectivity index (χ2n) is 6.14. The van der Waals surface area contributed by atoms with Gasteiger partial charge in [-0.3, -0.25) is 0 Å². The van der Waals surface area contributed by atoms with E-state index >= 15 is 0 Å². The van der Waals surface area contributed by atoms with E-state index in [4.69, 9.17) is 9.47 Å². The van der Waals surface area contributed by atoms with Gasteiger partial charge in [-0.25, -0.2) is 0 Å². The van der Waals surface area contributed by atoms with E-state index in [2.05, 4.69) is 38.2 Å². The molecule has 120 valence electrons. The number of hydrogen-bond acceptors (Lipinski definition) is 3. The minimum atomic E-state index is 0.474. The maximum Gasteiger partial charge on any atom is 0.160 e. The van der Waals surface area contributed by atoms with Crippen molar-refractivity contribution in [3.8, 4) is 11.5 Å². The van der Waals surface area contributed by atoms with Gasteiger partial charge >= 0.3 is 0 Å². The van der Waals surface area contributed by atoms with E-state index in [9.17, 15) is 0 Å². The first-order valence-electron chi connectivity index (χ1n) is 8.01. The molecule has 0 aliphatic carbocycles. The van der Waals surface area contributed by atoms with Gasteiger partial charge in [-0.1, -0.05) is 32.8 Å². The SMILES string of the molecule is COc1ccc(CC(C)NCCCCC(C)C)cc1OC. The molecule has 0 saturated carbocycles. The molecule has 0 aliphatic rings. The lowest BCUT2D eigenvalue weighted by Crippen LogP contribution is -2.29. The van der Waals surface area contributed by atoms with Crippen molar-refractivity contribution in [1.82, 2.24) is 5.32 Å². The first-order chi connectivity index (χ1) is 10.1. The number of unbranched alkanes of at least 4 members (excludes halogenated alkanes) is 1. The highest BCUT2D eigenvalue weighted by molar-refractivity contribution is 5.43. The van der Waals surface area contributed by atoms with Crippen LogP contribution in [0.1, 0.15) is 45.6 Å². The van der Waals surface area contributed by atoms with Gasteiger partial charge in [-0.15, -0.1) is 0 Å². The molecule has 0 heterocycles. The molecule has 0 amide bonds. The van der Waals surface area contributed by atoms with Gasteiger partial charge in [0.05, 0.1) is 14.2 Å². The molecule has 3 heteroatoms. The molecule has 1 rings (SSSR count). The molecule has 1 unspecified atom stereocenters. The van der Waals surface area contributed by atoms with E-state index in [1.165, 1.54) is 24.8 Å². The normalized spacial score (nSPS) is 12.5. The predicted octanol–water partition coefficient (Wildman–Crippen LogP) is 4.05. The second-order valence-corrected chi connectivity index (χ2v) is 6.14. The number of benzene rings is 1. The molecule has 0 aromatic heterocycles. The third kappa shape index (κ3) is 6.85. The standard InChI is InChI=1S/C18H31NO2/c1-14(2)8-6-7-11-19-15(3)12-16-9-10-17(20-4)18(13-16)21-5/h9-10,13-15,19H,6-8,11-12H2,1-5H3. The Morgan fingerprint density at radius 2 is 1.71 bits per heavy atom. The minimum Gasteiger partial charge on any atom is -0.493 e. The van der Waals surface area contributed by atoms with Crippen molar-refractivity contribution in [2.45, 2.75) is 52.5 Å². The van der Waals surface area contributed by atoms with Gasteiger partial charge in [0.25, 0.3) is 0 Å². The van der Waals surface area contributed by atoms with Crippen molar-refractivity contribution >= 4 is 0 Å². The molecule has 1 N–H and O–H groups in total. The molecule has 1 atom stereocenters. The molecule has 0 bridgehead atoms. The van der Waals surface area contributed by atoms with E-state index < -0.39 is 0 Å². The fraction of sp³-hybridized carbons (Fsp3) is 0.667. The molecular weight excluding hydrogens is 262 g/mol. The smallest absolute Gasteiger partial charge is 0.160 e. The Morgan fingerprint density at radius 3 is 2.33 bits per heavy atom. The van der Waals surface area contributed by atoms with Crippen molar-refractivity contribution < 1.29 is 9.47 Å². The highest BCUT2D eigenvalue weighted by Crippen LogP contribution is 2.27. The summed E-state index contributed by atoms with van der Waals surface area (Å²) in [4.78, 5) is 0. The fourth-order valence-corrected chi connectivity index (χ4v) is 2.46. The Morgan fingerprint density at radius 1 is 1.00 bits per heavy atom. The van der Waals surface area contributed by atoms with Crippen molar-refractivity contribution in [3.05, 3.63) is 23.8 Å². The zero-order valence-electron chi connectivity index (χ0n) is 14.2. The Bertz CT molecular complexity index is 404. The summed E-state index contributed by atoms with van der Waals surface area (Å²) in [7, 11) is 3.34. The molecule has 0 fully saturated rings. The van der Waals surface area contributed by atoms with Crippen molar-refractivity contribution in [2.75, 3.05) is 20.8 Å². The summed E-state index contributed by atoms with van der Waals surface area (Å²) in [6, 6.07) is 6.62. The van der Waals surface area contributed by atoms with Gasteiger partial charge in [0.2, 0.25) is 0 Å². The Labute approximate surface area is 130 Å². The highest BCUT2D eigenvalue weighted by atomic mass is 16.5. The first kappa shape index (κ1) is 17.8. The summed E-state index contributed by atoms with van der Waals surface area (Å²) in [5, 5.41) is 3.60. The summed E-state index contributed by atoms with van der Waals surface area (Å²) in [6.07, 6.45) is 4.90. The molecule has 1 aromatic rings. The molecular formula is C18H31NO2. The molecule has 21 heavy (non-hydrogen) atoms. The van der Waals surface area contributed by atoms with E-state index in [0.29, 0.717) is 6.04 Å². The lowest BCUT2D eigenvalue weighted by atomic mass is 10.0. The zero-order valence-corrected chi connectivity index (χ0v) is 14.2. The quantitative estimate of drug-likeness (QED) is 0.660. The van der Waals surface area contributed by atoms with Crippen LogP contribution in [0.15, 0.2) is 18.2 Å². The van der Waals surface area contributed by atoms with Gasteiger partial charge < -0.3 is 14.8 Å². The average Bonchev–Trinajstić information content (AvgIpc) is 2.46. The van der Waals surface area contributed by atoms with Crippen molar-refractivity contribution in [1.29, 1.82) is 0 Å². The number of ether oxygens (including phenoxy) is 2. The Kier molecular flexibility index (Phi) is 8.21. The van der Waals surface area contributed by atoms with Crippen LogP contribution < -0.4 is 14.8 Å². The predicted molar refractivity (Wildman–Crippen MR) is 89.4 cm³/mol. The number of nitrogens with one attached hydrogen (secondary N) is 1. The monoisotopic (exact) mass is 293 g/mol. The average molecular weight is 293 g/mol. The summed E-state index contributed by atoms with van der Waals surface area (Å²) >= 11 is 0. The summed E-state index contributed by atoms with van der Waals surface area (Å²) in [5.74, 6) is 2.41. The maximum atomic E-state index is 5.35. The second kappa shape index (κ2) is 9.67. The lowest BCUT2D eigenvalue weighted by Gasteiger charge is -2.15. The molecule has 0 spiro atoms. The van der Waals surface area contributed by atoms with Crippen molar-refractivity contribution in [3.63, 3.8) is 0 Å². The molecule has 0 saturated heterocycles. The molecule has 0 aliphatic heterocycles. The molecule has 0 radical (unpaired) electrons. The third-order valence-electron chi connectivity index (χ3n) is 3.69. The topological polar surface area (TPSA) is 30.5 Å². The summed E-state index contributed by atoms with van der Waals surface area (Å²) in [5.41, 5.74) is 1.27. The number of rotatable bonds is 10. The van der Waals surface area contributed by atoms with E-state index in [-0.39, 0.29) is 0 Å². The lowest BCUT2D eigenvalue weighted by molar-refractivity contribution is 0.354. The van der Waals surface area contributed by atoms with Gasteiger partial charge in [0, 0.05) is 6.04 Å². The minimum absolute atomic E-state index is 0.474. The van der Waals surface area contributed by atoms with Gasteiger partial charge in [-0.05, 0) is 49.9 Å². The van der Waals surface area contributed by atoms with Crippen LogP contribution in [0.2, 0.25) is 0 Å². The first-order valence-corrected chi connectivity index (χ1v) is 8.01. The van der Waals surface area contributed by atoms with E-state index in [0.717, 1.165) is 30.4 Å². The maximum absolute atomic E-state index is 5.35. The van der Waals surface area contributed by atoms with Crippen LogP contribution in [0.4, 0.5) is 0 Å². The third-order valence-corrected chi connectivity index (χ3v) is 3.69. The van der Waals surface area contributed by atoms with E-state index in [1.54, 1.807) is 14.2 Å². The van der Waals surface area contributed by atoms with Crippen LogP contribution >= 0.6 is 0 Å². The van der Waals surface area contributed by atoms with Crippen molar-refractivity contribution in [2.24, 2.45) is 5.92 Å². The Hall–Kier alpha value is -1.22.